The zero-order valence-corrected chi connectivity index (χ0v) is 11.6. The summed E-state index contributed by atoms with van der Waals surface area (Å²) in [5.41, 5.74) is 2.02. The summed E-state index contributed by atoms with van der Waals surface area (Å²) >= 11 is 0. The van der Waals surface area contributed by atoms with Crippen LogP contribution in [0, 0.1) is 0 Å². The Balaban J connectivity index is 1.41. The Morgan fingerprint density at radius 1 is 1.19 bits per heavy atom. The first-order valence-corrected chi connectivity index (χ1v) is 6.97. The number of rotatable bonds is 4. The van der Waals surface area contributed by atoms with Gasteiger partial charge in [-0.25, -0.2) is 4.79 Å². The van der Waals surface area contributed by atoms with E-state index in [-0.39, 0.29) is 12.1 Å². The minimum atomic E-state index is -0.208. The van der Waals surface area contributed by atoms with Crippen molar-refractivity contribution in [2.45, 2.75) is 19.1 Å². The number of ether oxygens (including phenoxy) is 1. The molecule has 0 fully saturated rings. The molecule has 21 heavy (non-hydrogen) atoms. The molecule has 5 heteroatoms. The summed E-state index contributed by atoms with van der Waals surface area (Å²) in [5, 5.41) is 5.60. The molecule has 1 aliphatic rings. The lowest BCUT2D eigenvalue weighted by atomic mass is 10.1. The topological polar surface area (TPSA) is 63.2 Å². The molecule has 0 radical (unpaired) electrons. The lowest BCUT2D eigenvalue weighted by Gasteiger charge is -2.12. The maximum Gasteiger partial charge on any atom is 0.315 e. The number of amides is 2. The number of pyridine rings is 1. The van der Waals surface area contributed by atoms with E-state index in [1.54, 1.807) is 6.20 Å². The second kappa shape index (κ2) is 6.26. The van der Waals surface area contributed by atoms with Crippen LogP contribution in [0.25, 0.3) is 0 Å². The van der Waals surface area contributed by atoms with Crippen LogP contribution in [0.5, 0.6) is 5.75 Å². The molecular formula is C16H17N3O2. The van der Waals surface area contributed by atoms with Crippen LogP contribution in [0.3, 0.4) is 0 Å². The Morgan fingerprint density at radius 2 is 2.05 bits per heavy atom. The highest BCUT2D eigenvalue weighted by molar-refractivity contribution is 5.73. The van der Waals surface area contributed by atoms with Crippen molar-refractivity contribution >= 4 is 6.03 Å². The summed E-state index contributed by atoms with van der Waals surface area (Å²) in [5.74, 6) is 0.915. The third kappa shape index (κ3) is 3.51. The number of aromatic nitrogens is 1. The van der Waals surface area contributed by atoms with E-state index in [4.69, 9.17) is 4.74 Å². The Bertz CT molecular complexity index is 591. The van der Waals surface area contributed by atoms with E-state index in [1.807, 2.05) is 36.4 Å². The molecule has 1 aromatic heterocycles. The van der Waals surface area contributed by atoms with Gasteiger partial charge in [-0.3, -0.25) is 4.98 Å². The zero-order valence-electron chi connectivity index (χ0n) is 11.6. The van der Waals surface area contributed by atoms with Gasteiger partial charge in [0.1, 0.15) is 11.9 Å². The first-order chi connectivity index (χ1) is 10.3. The Labute approximate surface area is 123 Å². The predicted molar refractivity (Wildman–Crippen MR) is 79.0 cm³/mol. The number of benzene rings is 1. The number of fused-ring (bicyclic) bond motifs is 1. The van der Waals surface area contributed by atoms with Crippen molar-refractivity contribution in [3.8, 4) is 5.75 Å². The fourth-order valence-electron chi connectivity index (χ4n) is 2.31. The van der Waals surface area contributed by atoms with Crippen LogP contribution in [-0.4, -0.2) is 23.7 Å². The standard InChI is InChI=1S/C16H17N3O2/c20-16(18-10-13-6-3-4-8-17-13)19-11-14-9-12-5-1-2-7-15(12)21-14/h1-8,14H,9-11H2,(H2,18,19,20)/t14-/m1/s1. The second-order valence-electron chi connectivity index (χ2n) is 4.94. The third-order valence-electron chi connectivity index (χ3n) is 3.36. The molecule has 2 aromatic rings. The van der Waals surface area contributed by atoms with E-state index in [1.165, 1.54) is 5.56 Å². The number of carbonyl (C=O) groups is 1. The molecule has 0 saturated carbocycles. The highest BCUT2D eigenvalue weighted by Crippen LogP contribution is 2.27. The largest absolute Gasteiger partial charge is 0.488 e. The summed E-state index contributed by atoms with van der Waals surface area (Å²) in [4.78, 5) is 15.9. The summed E-state index contributed by atoms with van der Waals surface area (Å²) in [6, 6.07) is 13.4. The van der Waals surface area contributed by atoms with Crippen LogP contribution in [-0.2, 0) is 13.0 Å². The number of hydrogen-bond acceptors (Lipinski definition) is 3. The predicted octanol–water partition coefficient (Wildman–Crippen LogP) is 1.88. The van der Waals surface area contributed by atoms with Gasteiger partial charge in [0, 0.05) is 12.6 Å². The molecule has 2 heterocycles. The van der Waals surface area contributed by atoms with Crippen molar-refractivity contribution in [3.05, 3.63) is 59.9 Å². The van der Waals surface area contributed by atoms with Crippen LogP contribution in [0.15, 0.2) is 48.7 Å². The third-order valence-corrected chi connectivity index (χ3v) is 3.36. The first-order valence-electron chi connectivity index (χ1n) is 6.97. The Morgan fingerprint density at radius 3 is 2.86 bits per heavy atom. The maximum absolute atomic E-state index is 11.7. The number of nitrogens with one attached hydrogen (secondary N) is 2. The van der Waals surface area contributed by atoms with Gasteiger partial charge in [-0.2, -0.15) is 0 Å². The number of para-hydroxylation sites is 1. The molecule has 1 atom stereocenters. The monoisotopic (exact) mass is 283 g/mol. The minimum absolute atomic E-state index is 0.00278. The average Bonchev–Trinajstić information content (AvgIpc) is 2.95. The van der Waals surface area contributed by atoms with Crippen molar-refractivity contribution in [1.29, 1.82) is 0 Å². The normalized spacial score (nSPS) is 15.9. The molecule has 0 aliphatic carbocycles. The molecule has 2 N–H and O–H groups in total. The highest BCUT2D eigenvalue weighted by Gasteiger charge is 2.22. The van der Waals surface area contributed by atoms with E-state index in [9.17, 15) is 4.79 Å². The molecule has 1 aliphatic heterocycles. The Hall–Kier alpha value is -2.56. The molecule has 1 aromatic carbocycles. The summed E-state index contributed by atoms with van der Waals surface area (Å²) in [6.45, 7) is 0.904. The number of hydrogen-bond donors (Lipinski definition) is 2. The highest BCUT2D eigenvalue weighted by atomic mass is 16.5. The summed E-state index contributed by atoms with van der Waals surface area (Å²) in [6.07, 6.45) is 2.54. The fourth-order valence-corrected chi connectivity index (χ4v) is 2.31. The first kappa shape index (κ1) is 13.4. The van der Waals surface area contributed by atoms with Gasteiger partial charge in [0.25, 0.3) is 0 Å². The molecular weight excluding hydrogens is 266 g/mol. The van der Waals surface area contributed by atoms with E-state index in [0.29, 0.717) is 13.1 Å². The van der Waals surface area contributed by atoms with E-state index < -0.39 is 0 Å². The maximum atomic E-state index is 11.7. The van der Waals surface area contributed by atoms with E-state index in [0.717, 1.165) is 17.9 Å². The summed E-state index contributed by atoms with van der Waals surface area (Å²) < 4.78 is 5.77. The quantitative estimate of drug-likeness (QED) is 0.900. The van der Waals surface area contributed by atoms with Crippen LogP contribution >= 0.6 is 0 Å². The van der Waals surface area contributed by atoms with E-state index in [2.05, 4.69) is 21.7 Å². The van der Waals surface area contributed by atoms with Crippen LogP contribution in [0.1, 0.15) is 11.3 Å². The van der Waals surface area contributed by atoms with Crippen LogP contribution in [0.2, 0.25) is 0 Å². The minimum Gasteiger partial charge on any atom is -0.488 e. The molecule has 0 spiro atoms. The SMILES string of the molecule is O=C(NCc1ccccn1)NC[C@H]1Cc2ccccc2O1. The van der Waals surface area contributed by atoms with Gasteiger partial charge in [-0.05, 0) is 23.8 Å². The number of urea groups is 1. The van der Waals surface area contributed by atoms with Gasteiger partial charge in [0.05, 0.1) is 18.8 Å². The van der Waals surface area contributed by atoms with Gasteiger partial charge in [0.15, 0.2) is 0 Å². The van der Waals surface area contributed by atoms with Gasteiger partial charge in [0.2, 0.25) is 0 Å². The number of nitrogens with zero attached hydrogens (tertiary/aromatic N) is 1. The van der Waals surface area contributed by atoms with Crippen molar-refractivity contribution in [2.24, 2.45) is 0 Å². The Kier molecular flexibility index (Phi) is 4.00. The van der Waals surface area contributed by atoms with Crippen molar-refractivity contribution in [1.82, 2.24) is 15.6 Å². The molecule has 5 nitrogen and oxygen atoms in total. The average molecular weight is 283 g/mol. The molecule has 0 unspecified atom stereocenters. The molecule has 0 saturated heterocycles. The zero-order chi connectivity index (χ0) is 14.5. The lowest BCUT2D eigenvalue weighted by Crippen LogP contribution is -2.40. The van der Waals surface area contributed by atoms with Gasteiger partial charge < -0.3 is 15.4 Å². The van der Waals surface area contributed by atoms with Crippen molar-refractivity contribution in [3.63, 3.8) is 0 Å². The lowest BCUT2D eigenvalue weighted by molar-refractivity contribution is 0.213. The van der Waals surface area contributed by atoms with Gasteiger partial charge in [-0.15, -0.1) is 0 Å². The molecule has 2 amide bonds. The van der Waals surface area contributed by atoms with E-state index >= 15 is 0 Å². The van der Waals surface area contributed by atoms with Crippen molar-refractivity contribution in [2.75, 3.05) is 6.54 Å². The smallest absolute Gasteiger partial charge is 0.315 e. The molecule has 0 bridgehead atoms. The van der Waals surface area contributed by atoms with Crippen LogP contribution in [0.4, 0.5) is 4.79 Å². The van der Waals surface area contributed by atoms with Crippen LogP contribution < -0.4 is 15.4 Å². The van der Waals surface area contributed by atoms with Gasteiger partial charge >= 0.3 is 6.03 Å². The molecule has 3 rings (SSSR count). The summed E-state index contributed by atoms with van der Waals surface area (Å²) in [7, 11) is 0. The fraction of sp³-hybridized carbons (Fsp3) is 0.250. The van der Waals surface area contributed by atoms with Gasteiger partial charge in [-0.1, -0.05) is 24.3 Å². The molecule has 108 valence electrons. The van der Waals surface area contributed by atoms with Crippen molar-refractivity contribution < 1.29 is 9.53 Å². The number of carbonyl (C=O) groups excluding carboxylic acids is 1. The second-order valence-corrected chi connectivity index (χ2v) is 4.94.